The Balaban J connectivity index is 1.87. The Morgan fingerprint density at radius 3 is 3.00 bits per heavy atom. The summed E-state index contributed by atoms with van der Waals surface area (Å²) >= 11 is 0. The third-order valence-corrected chi connectivity index (χ3v) is 3.21. The van der Waals surface area contributed by atoms with E-state index in [0.717, 1.165) is 24.5 Å². The Labute approximate surface area is 125 Å². The minimum Gasteiger partial charge on any atom is -0.492 e. The van der Waals surface area contributed by atoms with Crippen molar-refractivity contribution in [3.63, 3.8) is 0 Å². The lowest BCUT2D eigenvalue weighted by molar-refractivity contribution is 0.284. The van der Waals surface area contributed by atoms with Crippen molar-refractivity contribution in [2.24, 2.45) is 0 Å². The molecule has 0 amide bonds. The predicted molar refractivity (Wildman–Crippen MR) is 81.2 cm³/mol. The number of aromatic nitrogens is 4. The van der Waals surface area contributed by atoms with Crippen LogP contribution in [0.15, 0.2) is 24.3 Å². The van der Waals surface area contributed by atoms with Gasteiger partial charge in [0, 0.05) is 0 Å². The zero-order valence-corrected chi connectivity index (χ0v) is 12.9. The highest BCUT2D eigenvalue weighted by Gasteiger charge is 2.13. The van der Waals surface area contributed by atoms with Crippen LogP contribution in [0.3, 0.4) is 0 Å². The van der Waals surface area contributed by atoms with Gasteiger partial charge in [-0.05, 0) is 54.9 Å². The fraction of sp³-hybridized carbons (Fsp3) is 0.533. The van der Waals surface area contributed by atoms with Crippen molar-refractivity contribution in [3.8, 4) is 5.75 Å². The van der Waals surface area contributed by atoms with Crippen molar-refractivity contribution in [2.75, 3.05) is 13.2 Å². The molecule has 0 bridgehead atoms. The van der Waals surface area contributed by atoms with Gasteiger partial charge in [0.25, 0.3) is 0 Å². The fourth-order valence-electron chi connectivity index (χ4n) is 2.09. The number of nitrogens with zero attached hydrogens (tertiary/aromatic N) is 4. The fourth-order valence-corrected chi connectivity index (χ4v) is 2.09. The molecule has 1 aromatic heterocycles. The first-order chi connectivity index (χ1) is 10.2. The summed E-state index contributed by atoms with van der Waals surface area (Å²) in [6.07, 6.45) is 1.09. The minimum absolute atomic E-state index is 0.138. The lowest BCUT2D eigenvalue weighted by Gasteiger charge is -2.13. The molecule has 6 nitrogen and oxygen atoms in total. The second-order valence-electron chi connectivity index (χ2n) is 5.10. The number of hydrogen-bond donors (Lipinski definition) is 1. The molecular weight excluding hydrogens is 266 g/mol. The Morgan fingerprint density at radius 2 is 2.24 bits per heavy atom. The topological polar surface area (TPSA) is 64.9 Å². The summed E-state index contributed by atoms with van der Waals surface area (Å²) in [6.45, 7) is 8.38. The highest BCUT2D eigenvalue weighted by Crippen LogP contribution is 2.12. The van der Waals surface area contributed by atoms with Crippen LogP contribution in [-0.2, 0) is 6.54 Å². The van der Waals surface area contributed by atoms with Crippen LogP contribution >= 0.6 is 0 Å². The molecule has 114 valence electrons. The Morgan fingerprint density at radius 1 is 1.38 bits per heavy atom. The molecule has 0 spiro atoms. The van der Waals surface area contributed by atoms with Crippen LogP contribution in [0.2, 0.25) is 0 Å². The first-order valence-electron chi connectivity index (χ1n) is 7.39. The van der Waals surface area contributed by atoms with Gasteiger partial charge in [-0.1, -0.05) is 19.1 Å². The van der Waals surface area contributed by atoms with E-state index in [9.17, 15) is 0 Å². The number of tetrazole rings is 1. The maximum atomic E-state index is 5.74. The van der Waals surface area contributed by atoms with Gasteiger partial charge in [0.05, 0.1) is 12.6 Å². The van der Waals surface area contributed by atoms with Gasteiger partial charge in [-0.2, -0.15) is 0 Å². The molecule has 0 radical (unpaired) electrons. The Kier molecular flexibility index (Phi) is 5.68. The summed E-state index contributed by atoms with van der Waals surface area (Å²) in [5.41, 5.74) is 1.19. The normalized spacial score (nSPS) is 12.3. The average molecular weight is 289 g/mol. The quantitative estimate of drug-likeness (QED) is 0.806. The molecule has 1 N–H and O–H groups in total. The summed E-state index contributed by atoms with van der Waals surface area (Å²) in [6, 6.07) is 8.15. The maximum Gasteiger partial charge on any atom is 0.168 e. The van der Waals surface area contributed by atoms with E-state index in [1.807, 2.05) is 31.2 Å². The molecule has 2 aromatic rings. The molecule has 0 aliphatic rings. The van der Waals surface area contributed by atoms with Gasteiger partial charge in [0.15, 0.2) is 5.82 Å². The lowest BCUT2D eigenvalue weighted by Crippen LogP contribution is -2.24. The molecule has 21 heavy (non-hydrogen) atoms. The summed E-state index contributed by atoms with van der Waals surface area (Å²) in [7, 11) is 0. The molecule has 0 saturated carbocycles. The van der Waals surface area contributed by atoms with Crippen LogP contribution in [0.5, 0.6) is 5.75 Å². The number of benzene rings is 1. The molecule has 6 heteroatoms. The molecule has 0 aliphatic carbocycles. The van der Waals surface area contributed by atoms with E-state index in [4.69, 9.17) is 4.74 Å². The highest BCUT2D eigenvalue weighted by atomic mass is 16.5. The minimum atomic E-state index is 0.138. The van der Waals surface area contributed by atoms with Crippen molar-refractivity contribution in [2.45, 2.75) is 39.8 Å². The molecule has 1 aromatic carbocycles. The van der Waals surface area contributed by atoms with Gasteiger partial charge in [-0.15, -0.1) is 5.10 Å². The Bertz CT molecular complexity index is 555. The van der Waals surface area contributed by atoms with Gasteiger partial charge in [-0.25, -0.2) is 4.68 Å². The van der Waals surface area contributed by atoms with E-state index in [0.29, 0.717) is 13.2 Å². The van der Waals surface area contributed by atoms with Crippen molar-refractivity contribution in [1.82, 2.24) is 25.5 Å². The predicted octanol–water partition coefficient (Wildman–Crippen LogP) is 2.12. The molecule has 1 heterocycles. The molecule has 2 rings (SSSR count). The maximum absolute atomic E-state index is 5.74. The summed E-state index contributed by atoms with van der Waals surface area (Å²) in [4.78, 5) is 0. The SMILES string of the molecule is CCCNC(C)c1nnnn1CCOc1cccc(C)c1. The summed E-state index contributed by atoms with van der Waals surface area (Å²) in [5, 5.41) is 15.3. The van der Waals surface area contributed by atoms with Gasteiger partial charge in [0.1, 0.15) is 12.4 Å². The molecule has 1 unspecified atom stereocenters. The second-order valence-corrected chi connectivity index (χ2v) is 5.10. The summed E-state index contributed by atoms with van der Waals surface area (Å²) in [5.74, 6) is 1.72. The lowest BCUT2D eigenvalue weighted by atomic mass is 10.2. The molecule has 0 aliphatic heterocycles. The molecular formula is C15H23N5O. The van der Waals surface area contributed by atoms with E-state index in [-0.39, 0.29) is 6.04 Å². The van der Waals surface area contributed by atoms with Gasteiger partial charge < -0.3 is 10.1 Å². The van der Waals surface area contributed by atoms with E-state index in [1.54, 1.807) is 4.68 Å². The van der Waals surface area contributed by atoms with E-state index >= 15 is 0 Å². The molecule has 0 fully saturated rings. The van der Waals surface area contributed by atoms with E-state index in [2.05, 4.69) is 34.7 Å². The van der Waals surface area contributed by atoms with Crippen LogP contribution in [0, 0.1) is 6.92 Å². The van der Waals surface area contributed by atoms with Crippen LogP contribution in [0.25, 0.3) is 0 Å². The van der Waals surface area contributed by atoms with Crippen LogP contribution in [-0.4, -0.2) is 33.4 Å². The van der Waals surface area contributed by atoms with Crippen LogP contribution in [0.1, 0.15) is 37.7 Å². The smallest absolute Gasteiger partial charge is 0.168 e. The summed E-state index contributed by atoms with van der Waals surface area (Å²) < 4.78 is 7.53. The van der Waals surface area contributed by atoms with Crippen molar-refractivity contribution in [1.29, 1.82) is 0 Å². The Hall–Kier alpha value is -1.95. The first kappa shape index (κ1) is 15.4. The van der Waals surface area contributed by atoms with E-state index in [1.165, 1.54) is 5.56 Å². The van der Waals surface area contributed by atoms with Crippen LogP contribution in [0.4, 0.5) is 0 Å². The zero-order valence-electron chi connectivity index (χ0n) is 12.9. The average Bonchev–Trinajstić information content (AvgIpc) is 2.93. The van der Waals surface area contributed by atoms with Gasteiger partial charge >= 0.3 is 0 Å². The van der Waals surface area contributed by atoms with Crippen LogP contribution < -0.4 is 10.1 Å². The van der Waals surface area contributed by atoms with Crippen molar-refractivity contribution in [3.05, 3.63) is 35.7 Å². The number of nitrogens with one attached hydrogen (secondary N) is 1. The standard InChI is InChI=1S/C15H23N5O/c1-4-8-16-13(3)15-17-18-19-20(15)9-10-21-14-7-5-6-12(2)11-14/h5-7,11,13,16H,4,8-10H2,1-3H3. The van der Waals surface area contributed by atoms with Gasteiger partial charge in [-0.3, -0.25) is 0 Å². The van der Waals surface area contributed by atoms with E-state index < -0.39 is 0 Å². The number of aryl methyl sites for hydroxylation is 1. The number of ether oxygens (including phenoxy) is 1. The monoisotopic (exact) mass is 289 g/mol. The zero-order chi connectivity index (χ0) is 15.1. The second kappa shape index (κ2) is 7.73. The van der Waals surface area contributed by atoms with Crippen molar-refractivity contribution < 1.29 is 4.74 Å². The third-order valence-electron chi connectivity index (χ3n) is 3.21. The molecule has 1 atom stereocenters. The van der Waals surface area contributed by atoms with Crippen molar-refractivity contribution >= 4 is 0 Å². The highest BCUT2D eigenvalue weighted by molar-refractivity contribution is 5.27. The first-order valence-corrected chi connectivity index (χ1v) is 7.39. The molecule has 0 saturated heterocycles. The number of hydrogen-bond acceptors (Lipinski definition) is 5. The van der Waals surface area contributed by atoms with Gasteiger partial charge in [0.2, 0.25) is 0 Å². The third kappa shape index (κ3) is 4.53. The largest absolute Gasteiger partial charge is 0.492 e. The number of rotatable bonds is 8.